The van der Waals surface area contributed by atoms with E-state index in [1.807, 2.05) is 0 Å². The minimum Gasteiger partial charge on any atom is -0.467 e. The van der Waals surface area contributed by atoms with Crippen molar-refractivity contribution in [1.29, 1.82) is 0 Å². The first-order valence-electron chi connectivity index (χ1n) is 15.1. The van der Waals surface area contributed by atoms with Crippen molar-refractivity contribution in [3.8, 4) is 0 Å². The van der Waals surface area contributed by atoms with Gasteiger partial charge in [0, 0.05) is 26.7 Å². The van der Waals surface area contributed by atoms with Gasteiger partial charge in [-0.25, -0.2) is 9.18 Å². The Morgan fingerprint density at radius 2 is 1.66 bits per heavy atom. The highest BCUT2D eigenvalue weighted by Crippen LogP contribution is 2.70. The largest absolute Gasteiger partial charge is 0.467 e. The van der Waals surface area contributed by atoms with Crippen LogP contribution in [0.15, 0.2) is 0 Å². The molecule has 220 valence electrons. The van der Waals surface area contributed by atoms with Crippen molar-refractivity contribution in [2.75, 3.05) is 28.4 Å². The first-order chi connectivity index (χ1) is 18.0. The molecule has 0 aromatic heterocycles. The molecule has 6 nitrogen and oxygen atoms in total. The van der Waals surface area contributed by atoms with Crippen molar-refractivity contribution in [2.24, 2.45) is 52.3 Å². The fourth-order valence-electron chi connectivity index (χ4n) is 10.4. The van der Waals surface area contributed by atoms with E-state index >= 15 is 0 Å². The van der Waals surface area contributed by atoms with Gasteiger partial charge in [-0.1, -0.05) is 47.0 Å². The van der Waals surface area contributed by atoms with Gasteiger partial charge in [-0.3, -0.25) is 4.74 Å². The molecule has 0 radical (unpaired) electrons. The summed E-state index contributed by atoms with van der Waals surface area (Å²) in [5.41, 5.74) is 0.0900. The standard InChI is InChI=1S/C31H53FO6/c1-9-20-17-21-24-14-13-22(19(2)16-26(32)28(33)34-5)30(24,4)27(38-31(35-6,36-7)37-8)18-25(21)29(3)15-11-10-12-23(20)29/h19-27H,9-18H2,1-8H3/t19-,20+,21+,22-,23+,24+,25+,26+,27+,29+,30-/m1/s1. The molecule has 0 unspecified atom stereocenters. The Morgan fingerprint density at radius 3 is 2.26 bits per heavy atom. The summed E-state index contributed by atoms with van der Waals surface area (Å²) in [5.74, 6) is 2.64. The van der Waals surface area contributed by atoms with Gasteiger partial charge < -0.3 is 18.9 Å². The molecule has 11 atom stereocenters. The van der Waals surface area contributed by atoms with Gasteiger partial charge in [-0.15, -0.1) is 0 Å². The summed E-state index contributed by atoms with van der Waals surface area (Å²) in [4.78, 5) is 11.9. The van der Waals surface area contributed by atoms with Gasteiger partial charge in [0.25, 0.3) is 0 Å². The average Bonchev–Trinajstić information content (AvgIpc) is 3.29. The summed E-state index contributed by atoms with van der Waals surface area (Å²) >= 11 is 0. The Labute approximate surface area is 230 Å². The van der Waals surface area contributed by atoms with Crippen molar-refractivity contribution < 1.29 is 32.9 Å². The van der Waals surface area contributed by atoms with Gasteiger partial charge in [0.05, 0.1) is 13.2 Å². The first-order valence-corrected chi connectivity index (χ1v) is 15.1. The van der Waals surface area contributed by atoms with Crippen molar-refractivity contribution in [2.45, 2.75) is 110 Å². The maximum atomic E-state index is 14.8. The Kier molecular flexibility index (Phi) is 9.23. The van der Waals surface area contributed by atoms with Crippen LogP contribution in [0.1, 0.15) is 91.9 Å². The van der Waals surface area contributed by atoms with Crippen molar-refractivity contribution in [1.82, 2.24) is 0 Å². The molecule has 0 amide bonds. The molecule has 0 saturated heterocycles. The van der Waals surface area contributed by atoms with Crippen LogP contribution < -0.4 is 0 Å². The number of carbonyl (C=O) groups is 1. The van der Waals surface area contributed by atoms with Gasteiger partial charge in [-0.05, 0) is 91.8 Å². The fourth-order valence-corrected chi connectivity index (χ4v) is 10.4. The van der Waals surface area contributed by atoms with Gasteiger partial charge in [0.15, 0.2) is 6.17 Å². The lowest BCUT2D eigenvalue weighted by Gasteiger charge is -2.64. The number of hydrogen-bond acceptors (Lipinski definition) is 6. The maximum absolute atomic E-state index is 14.8. The molecule has 4 aliphatic carbocycles. The highest BCUT2D eigenvalue weighted by molar-refractivity contribution is 5.74. The number of hydrogen-bond donors (Lipinski definition) is 0. The lowest BCUT2D eigenvalue weighted by molar-refractivity contribution is -0.499. The summed E-state index contributed by atoms with van der Waals surface area (Å²) < 4.78 is 43.3. The number of esters is 1. The van der Waals surface area contributed by atoms with Crippen molar-refractivity contribution >= 4 is 5.97 Å². The highest BCUT2D eigenvalue weighted by Gasteiger charge is 2.66. The van der Waals surface area contributed by atoms with Crippen LogP contribution in [0.2, 0.25) is 0 Å². The molecule has 0 bridgehead atoms. The van der Waals surface area contributed by atoms with E-state index < -0.39 is 18.3 Å². The molecule has 0 heterocycles. The third-order valence-electron chi connectivity index (χ3n) is 12.2. The molecule has 38 heavy (non-hydrogen) atoms. The number of halogens is 1. The van der Waals surface area contributed by atoms with E-state index in [-0.39, 0.29) is 29.8 Å². The monoisotopic (exact) mass is 540 g/mol. The Bertz CT molecular complexity index is 810. The van der Waals surface area contributed by atoms with Gasteiger partial charge in [-0.2, -0.15) is 0 Å². The van der Waals surface area contributed by atoms with E-state index in [2.05, 4.69) is 27.7 Å². The highest BCUT2D eigenvalue weighted by atomic mass is 19.1. The normalized spacial score (nSPS) is 42.5. The molecular formula is C31H53FO6. The fraction of sp³-hybridized carbons (Fsp3) is 0.968. The van der Waals surface area contributed by atoms with Gasteiger partial charge in [0.1, 0.15) is 0 Å². The zero-order valence-corrected chi connectivity index (χ0v) is 25.1. The molecule has 0 N–H and O–H groups in total. The zero-order valence-electron chi connectivity index (χ0n) is 25.1. The number of carbonyl (C=O) groups excluding carboxylic acids is 1. The van der Waals surface area contributed by atoms with Crippen LogP contribution in [0.4, 0.5) is 4.39 Å². The minimum atomic E-state index is -1.61. The van der Waals surface area contributed by atoms with Crippen molar-refractivity contribution in [3.63, 3.8) is 0 Å². The third kappa shape index (κ3) is 4.86. The van der Waals surface area contributed by atoms with Crippen LogP contribution in [0.3, 0.4) is 0 Å². The smallest absolute Gasteiger partial charge is 0.412 e. The molecule has 7 heteroatoms. The quantitative estimate of drug-likeness (QED) is 0.225. The van der Waals surface area contributed by atoms with Gasteiger partial charge >= 0.3 is 12.1 Å². The third-order valence-corrected chi connectivity index (χ3v) is 12.2. The lowest BCUT2D eigenvalue weighted by Crippen LogP contribution is -2.62. The summed E-state index contributed by atoms with van der Waals surface area (Å²) in [6, 6.07) is 0. The predicted molar refractivity (Wildman–Crippen MR) is 144 cm³/mol. The molecule has 0 aromatic rings. The number of rotatable bonds is 10. The van der Waals surface area contributed by atoms with E-state index in [0.717, 1.165) is 31.1 Å². The summed E-state index contributed by atoms with van der Waals surface area (Å²) in [6.07, 6.45) is 7.68. The maximum Gasteiger partial charge on any atom is 0.412 e. The Morgan fingerprint density at radius 1 is 0.974 bits per heavy atom. The minimum absolute atomic E-state index is 0.00682. The van der Waals surface area contributed by atoms with Crippen molar-refractivity contribution in [3.05, 3.63) is 0 Å². The van der Waals surface area contributed by atoms with E-state index in [1.165, 1.54) is 45.6 Å². The molecule has 4 rings (SSSR count). The molecule has 0 spiro atoms. The lowest BCUT2D eigenvalue weighted by atomic mass is 9.41. The predicted octanol–water partition coefficient (Wildman–Crippen LogP) is 6.75. The Balaban J connectivity index is 1.73. The first kappa shape index (κ1) is 30.2. The zero-order chi connectivity index (χ0) is 27.9. The number of alkyl halides is 1. The summed E-state index contributed by atoms with van der Waals surface area (Å²) in [5, 5.41) is 0. The second-order valence-corrected chi connectivity index (χ2v) is 13.3. The van der Waals surface area contributed by atoms with E-state index in [1.54, 1.807) is 21.3 Å². The molecule has 0 aliphatic heterocycles. The molecule has 0 aromatic carbocycles. The summed E-state index contributed by atoms with van der Waals surface area (Å²) in [6.45, 7) is 9.42. The number of fused-ring (bicyclic) bond motifs is 5. The molecule has 4 saturated carbocycles. The van der Waals surface area contributed by atoms with Crippen LogP contribution in [-0.2, 0) is 28.5 Å². The Hall–Kier alpha value is -0.760. The summed E-state index contributed by atoms with van der Waals surface area (Å²) in [7, 11) is 5.89. The van der Waals surface area contributed by atoms with Crippen LogP contribution in [0.25, 0.3) is 0 Å². The van der Waals surface area contributed by atoms with E-state index in [9.17, 15) is 9.18 Å². The molecular weight excluding hydrogens is 487 g/mol. The molecule has 4 aliphatic rings. The number of methoxy groups -OCH3 is 4. The number of ether oxygens (including phenoxy) is 5. The molecule has 4 fully saturated rings. The SMILES string of the molecule is CC[C@H]1C[C@@H]2[C@H](C[C@H](OC(OC)(OC)OC)[C@]3(C)[C@@H]([C@H](C)C[C@H](F)C(=O)OC)CC[C@@H]23)[C@@]2(C)CCCC[C@@H]12. The van der Waals surface area contributed by atoms with Crippen LogP contribution in [0, 0.1) is 52.3 Å². The van der Waals surface area contributed by atoms with Gasteiger partial charge in [0.2, 0.25) is 0 Å². The van der Waals surface area contributed by atoms with Crippen LogP contribution >= 0.6 is 0 Å². The topological polar surface area (TPSA) is 63.2 Å². The average molecular weight is 541 g/mol. The van der Waals surface area contributed by atoms with E-state index in [0.29, 0.717) is 23.2 Å². The van der Waals surface area contributed by atoms with Crippen LogP contribution in [-0.4, -0.2) is 52.8 Å². The second-order valence-electron chi connectivity index (χ2n) is 13.3. The van der Waals surface area contributed by atoms with E-state index in [4.69, 9.17) is 23.7 Å². The second kappa shape index (κ2) is 11.6. The van der Waals surface area contributed by atoms with Crippen LogP contribution in [0.5, 0.6) is 0 Å².